The van der Waals surface area contributed by atoms with Gasteiger partial charge in [0.25, 0.3) is 0 Å². The average Bonchev–Trinajstić information content (AvgIpc) is 2.38. The summed E-state index contributed by atoms with van der Waals surface area (Å²) in [5.41, 5.74) is 17.0. The number of rotatable bonds is 4. The van der Waals surface area contributed by atoms with Crippen LogP contribution in [0, 0.1) is 0 Å². The first-order valence-electron chi connectivity index (χ1n) is 6.01. The molecule has 11 heteroatoms. The topological polar surface area (TPSA) is 170 Å². The van der Waals surface area contributed by atoms with E-state index >= 15 is 0 Å². The molecule has 0 heterocycles. The van der Waals surface area contributed by atoms with E-state index in [4.69, 9.17) is 20.5 Å². The highest BCUT2D eigenvalue weighted by Crippen LogP contribution is 2.30. The fourth-order valence-electron chi connectivity index (χ4n) is 2.18. The van der Waals surface area contributed by atoms with E-state index in [2.05, 4.69) is 20.1 Å². The van der Waals surface area contributed by atoms with Crippen molar-refractivity contribution in [3.05, 3.63) is 20.9 Å². The molecule has 0 spiro atoms. The SMILES string of the molecule is CC(=O)OC1[C@H](O)C(N=[N+]=[N-])C[C@@H](N=[N+]=[N-])[C@H]1OC(C)=O. The van der Waals surface area contributed by atoms with Gasteiger partial charge in [-0.2, -0.15) is 0 Å². The van der Waals surface area contributed by atoms with Crippen LogP contribution in [-0.2, 0) is 19.1 Å². The summed E-state index contributed by atoms with van der Waals surface area (Å²) in [6.45, 7) is 2.24. The zero-order valence-corrected chi connectivity index (χ0v) is 11.4. The first kappa shape index (κ1) is 16.6. The third-order valence-corrected chi connectivity index (χ3v) is 2.92. The van der Waals surface area contributed by atoms with Crippen molar-refractivity contribution >= 4 is 11.9 Å². The third-order valence-electron chi connectivity index (χ3n) is 2.92. The lowest BCUT2D eigenvalue weighted by Crippen LogP contribution is -2.57. The zero-order chi connectivity index (χ0) is 16.0. The molecule has 0 saturated heterocycles. The van der Waals surface area contributed by atoms with Gasteiger partial charge in [0, 0.05) is 23.7 Å². The third kappa shape index (κ3) is 4.25. The van der Waals surface area contributed by atoms with E-state index in [1.165, 1.54) is 0 Å². The number of azide groups is 2. The number of hydrogen-bond acceptors (Lipinski definition) is 7. The predicted molar refractivity (Wildman–Crippen MR) is 67.6 cm³/mol. The van der Waals surface area contributed by atoms with Gasteiger partial charge in [-0.3, -0.25) is 9.59 Å². The van der Waals surface area contributed by atoms with Crippen molar-refractivity contribution in [1.82, 2.24) is 0 Å². The lowest BCUT2D eigenvalue weighted by Gasteiger charge is -2.40. The first-order valence-corrected chi connectivity index (χ1v) is 6.01. The molecule has 2 unspecified atom stereocenters. The van der Waals surface area contributed by atoms with Crippen molar-refractivity contribution < 1.29 is 24.2 Å². The van der Waals surface area contributed by atoms with E-state index in [1.54, 1.807) is 0 Å². The minimum absolute atomic E-state index is 0.0367. The van der Waals surface area contributed by atoms with E-state index < -0.39 is 42.3 Å². The van der Waals surface area contributed by atoms with E-state index in [9.17, 15) is 14.7 Å². The van der Waals surface area contributed by atoms with Crippen LogP contribution in [0.3, 0.4) is 0 Å². The largest absolute Gasteiger partial charge is 0.458 e. The number of carbonyl (C=O) groups is 2. The molecule has 0 aromatic rings. The molecular formula is C10H14N6O5. The number of carbonyl (C=O) groups excluding carboxylic acids is 2. The maximum Gasteiger partial charge on any atom is 0.303 e. The molecule has 114 valence electrons. The molecule has 1 aliphatic rings. The van der Waals surface area contributed by atoms with Crippen LogP contribution in [0.15, 0.2) is 10.2 Å². The van der Waals surface area contributed by atoms with Gasteiger partial charge in [-0.25, -0.2) is 0 Å². The fourth-order valence-corrected chi connectivity index (χ4v) is 2.18. The standard InChI is InChI=1S/C10H14N6O5/c1-4(17)20-9-7(14-16-12)3-6(13-15-11)8(19)10(9)21-5(2)18/h6-10,19H,3H2,1-2H3/t6?,7-,8-,9-,10?/m1/s1. The van der Waals surface area contributed by atoms with Gasteiger partial charge in [-0.05, 0) is 17.5 Å². The smallest absolute Gasteiger partial charge is 0.303 e. The highest BCUT2D eigenvalue weighted by molar-refractivity contribution is 5.67. The van der Waals surface area contributed by atoms with E-state index in [1.807, 2.05) is 0 Å². The van der Waals surface area contributed by atoms with Gasteiger partial charge >= 0.3 is 11.9 Å². The van der Waals surface area contributed by atoms with Gasteiger partial charge in [0.05, 0.1) is 12.1 Å². The van der Waals surface area contributed by atoms with Gasteiger partial charge in [0.2, 0.25) is 0 Å². The molecular weight excluding hydrogens is 284 g/mol. The second kappa shape index (κ2) is 7.34. The number of ether oxygens (including phenoxy) is 2. The van der Waals surface area contributed by atoms with Crippen LogP contribution in [0.4, 0.5) is 0 Å². The molecule has 1 rings (SSSR count). The van der Waals surface area contributed by atoms with Gasteiger partial charge in [0.1, 0.15) is 12.2 Å². The molecule has 1 fully saturated rings. The van der Waals surface area contributed by atoms with Crippen LogP contribution in [0.1, 0.15) is 20.3 Å². The molecule has 0 aromatic carbocycles. The summed E-state index contributed by atoms with van der Waals surface area (Å²) >= 11 is 0. The molecule has 1 N–H and O–H groups in total. The molecule has 5 atom stereocenters. The van der Waals surface area contributed by atoms with Crippen LogP contribution in [0.5, 0.6) is 0 Å². The fraction of sp³-hybridized carbons (Fsp3) is 0.800. The molecule has 1 saturated carbocycles. The predicted octanol–water partition coefficient (Wildman–Crippen LogP) is 0.972. The van der Waals surface area contributed by atoms with Gasteiger partial charge in [-0.15, -0.1) is 0 Å². The van der Waals surface area contributed by atoms with Gasteiger partial charge in [0.15, 0.2) is 6.10 Å². The minimum Gasteiger partial charge on any atom is -0.458 e. The lowest BCUT2D eigenvalue weighted by molar-refractivity contribution is -0.184. The Morgan fingerprint density at radius 3 is 2.00 bits per heavy atom. The van der Waals surface area contributed by atoms with Crippen LogP contribution in [-0.4, -0.2) is 47.4 Å². The summed E-state index contributed by atoms with van der Waals surface area (Å²) in [7, 11) is 0. The number of hydrogen-bond donors (Lipinski definition) is 1. The quantitative estimate of drug-likeness (QED) is 0.352. The maximum absolute atomic E-state index is 11.1. The molecule has 0 amide bonds. The Morgan fingerprint density at radius 2 is 1.52 bits per heavy atom. The number of aliphatic hydroxyl groups excluding tert-OH is 1. The molecule has 0 radical (unpaired) electrons. The molecule has 1 aliphatic carbocycles. The van der Waals surface area contributed by atoms with Crippen molar-refractivity contribution in [3.63, 3.8) is 0 Å². The Kier molecular flexibility index (Phi) is 5.79. The van der Waals surface area contributed by atoms with Crippen LogP contribution in [0.25, 0.3) is 20.9 Å². The minimum atomic E-state index is -1.38. The highest BCUT2D eigenvalue weighted by Gasteiger charge is 2.47. The van der Waals surface area contributed by atoms with E-state index in [0.29, 0.717) is 0 Å². The van der Waals surface area contributed by atoms with E-state index in [-0.39, 0.29) is 6.42 Å². The second-order valence-electron chi connectivity index (χ2n) is 4.42. The Morgan fingerprint density at radius 1 is 1.05 bits per heavy atom. The summed E-state index contributed by atoms with van der Waals surface area (Å²) < 4.78 is 9.93. The average molecular weight is 298 g/mol. The highest BCUT2D eigenvalue weighted by atomic mass is 16.6. The van der Waals surface area contributed by atoms with Crippen molar-refractivity contribution in [2.75, 3.05) is 0 Å². The second-order valence-corrected chi connectivity index (χ2v) is 4.42. The molecule has 21 heavy (non-hydrogen) atoms. The van der Waals surface area contributed by atoms with Crippen molar-refractivity contribution in [2.24, 2.45) is 10.2 Å². The number of aliphatic hydroxyl groups is 1. The Bertz CT molecular complexity index is 512. The van der Waals surface area contributed by atoms with Crippen molar-refractivity contribution in [2.45, 2.75) is 50.7 Å². The Hall–Kier alpha value is -2.48. The normalized spacial score (nSPS) is 31.3. The molecule has 0 bridgehead atoms. The monoisotopic (exact) mass is 298 g/mol. The molecule has 0 aliphatic heterocycles. The van der Waals surface area contributed by atoms with Crippen LogP contribution >= 0.6 is 0 Å². The van der Waals surface area contributed by atoms with Gasteiger partial charge in [-0.1, -0.05) is 10.2 Å². The summed E-state index contributed by atoms with van der Waals surface area (Å²) in [4.78, 5) is 27.5. The molecule has 11 nitrogen and oxygen atoms in total. The summed E-state index contributed by atoms with van der Waals surface area (Å²) in [6.07, 6.45) is -3.85. The van der Waals surface area contributed by atoms with Crippen LogP contribution < -0.4 is 0 Å². The Balaban J connectivity index is 3.17. The van der Waals surface area contributed by atoms with Gasteiger partial charge < -0.3 is 14.6 Å². The van der Waals surface area contributed by atoms with Crippen molar-refractivity contribution in [1.29, 1.82) is 0 Å². The zero-order valence-electron chi connectivity index (χ0n) is 11.4. The summed E-state index contributed by atoms with van der Waals surface area (Å²) in [5.74, 6) is -1.41. The van der Waals surface area contributed by atoms with Crippen molar-refractivity contribution in [3.8, 4) is 0 Å². The summed E-state index contributed by atoms with van der Waals surface area (Å²) in [6, 6.07) is -1.90. The molecule has 0 aromatic heterocycles. The Labute approximate surface area is 119 Å². The summed E-state index contributed by atoms with van der Waals surface area (Å²) in [5, 5.41) is 17.0. The number of esters is 2. The maximum atomic E-state index is 11.1. The first-order chi connectivity index (χ1) is 9.90. The number of nitrogens with zero attached hydrogens (tertiary/aromatic N) is 6. The van der Waals surface area contributed by atoms with E-state index in [0.717, 1.165) is 13.8 Å². The van der Waals surface area contributed by atoms with Crippen LogP contribution in [0.2, 0.25) is 0 Å². The lowest BCUT2D eigenvalue weighted by atomic mass is 9.84.